The minimum absolute atomic E-state index is 0.468. The molecule has 1 aliphatic rings. The number of nitrogens with one attached hydrogen (secondary N) is 1. The minimum Gasteiger partial charge on any atom is -0.366 e. The summed E-state index contributed by atoms with van der Waals surface area (Å²) < 4.78 is 0. The molecule has 1 nitrogen and oxygen atoms in total. The van der Waals surface area contributed by atoms with Crippen molar-refractivity contribution in [2.24, 2.45) is 11.8 Å². The van der Waals surface area contributed by atoms with Gasteiger partial charge in [-0.25, -0.2) is 0 Å². The molecule has 0 aromatic rings. The molecule has 1 aliphatic carbocycles. The molecule has 1 unspecified atom stereocenters. The fourth-order valence-corrected chi connectivity index (χ4v) is 2.92. The Labute approximate surface area is 143 Å². The maximum absolute atomic E-state index is 4.32. The van der Waals surface area contributed by atoms with Gasteiger partial charge in [-0.15, -0.1) is 0 Å². The molecule has 0 aromatic carbocycles. The van der Waals surface area contributed by atoms with E-state index in [4.69, 9.17) is 0 Å². The van der Waals surface area contributed by atoms with Crippen LogP contribution in [0.1, 0.15) is 53.9 Å². The molecule has 0 bridgehead atoms. The van der Waals surface area contributed by atoms with Gasteiger partial charge in [-0.1, -0.05) is 58.2 Å². The van der Waals surface area contributed by atoms with E-state index in [0.29, 0.717) is 11.8 Å². The highest BCUT2D eigenvalue weighted by Gasteiger charge is 2.20. The molecule has 23 heavy (non-hydrogen) atoms. The number of rotatable bonds is 8. The van der Waals surface area contributed by atoms with E-state index < -0.39 is 0 Å². The van der Waals surface area contributed by atoms with Gasteiger partial charge in [0.2, 0.25) is 0 Å². The predicted octanol–water partition coefficient (Wildman–Crippen LogP) is 6.45. The third-order valence-corrected chi connectivity index (χ3v) is 4.43. The van der Waals surface area contributed by atoms with Crippen LogP contribution >= 0.6 is 0 Å². The van der Waals surface area contributed by atoms with Gasteiger partial charge >= 0.3 is 0 Å². The zero-order valence-corrected chi connectivity index (χ0v) is 15.6. The molecule has 0 saturated heterocycles. The van der Waals surface area contributed by atoms with Gasteiger partial charge in [0.25, 0.3) is 0 Å². The van der Waals surface area contributed by atoms with E-state index in [9.17, 15) is 0 Å². The van der Waals surface area contributed by atoms with Crippen molar-refractivity contribution in [2.45, 2.75) is 53.9 Å². The molecule has 0 saturated carbocycles. The summed E-state index contributed by atoms with van der Waals surface area (Å²) >= 11 is 0. The van der Waals surface area contributed by atoms with Crippen LogP contribution in [0.5, 0.6) is 0 Å². The lowest BCUT2D eigenvalue weighted by Crippen LogP contribution is -2.10. The molecule has 1 N–H and O–H groups in total. The molecule has 0 radical (unpaired) electrons. The molecule has 1 rings (SSSR count). The molecule has 1 atom stereocenters. The third-order valence-electron chi connectivity index (χ3n) is 4.43. The Morgan fingerprint density at radius 1 is 1.30 bits per heavy atom. The largest absolute Gasteiger partial charge is 0.366 e. The van der Waals surface area contributed by atoms with Crippen LogP contribution in [0.25, 0.3) is 0 Å². The third kappa shape index (κ3) is 5.74. The maximum atomic E-state index is 4.32. The molecular formula is C22H33N. The van der Waals surface area contributed by atoms with E-state index in [-0.39, 0.29) is 0 Å². The van der Waals surface area contributed by atoms with Crippen molar-refractivity contribution in [1.29, 1.82) is 0 Å². The van der Waals surface area contributed by atoms with Gasteiger partial charge in [0, 0.05) is 5.70 Å². The van der Waals surface area contributed by atoms with Crippen LogP contribution in [0.15, 0.2) is 71.7 Å². The Kier molecular flexibility index (Phi) is 7.35. The quantitative estimate of drug-likeness (QED) is 0.543. The van der Waals surface area contributed by atoms with Crippen LogP contribution in [0.4, 0.5) is 0 Å². The standard InChI is InChI=1S/C22H33N/c1-15(2)20(8)22-18(6)13-21(14-19(22)7)17(5)11-9-10-12-23-16(3)4/h10,12,14-15,17,23H,3,6,8-9,11,13H2,1-2,4-5,7H3/b12-10+. The Bertz CT molecular complexity index is 567. The first-order valence-electron chi connectivity index (χ1n) is 8.59. The zero-order valence-electron chi connectivity index (χ0n) is 15.6. The van der Waals surface area contributed by atoms with Crippen LogP contribution in [0.3, 0.4) is 0 Å². The Morgan fingerprint density at radius 2 is 1.96 bits per heavy atom. The van der Waals surface area contributed by atoms with Crippen molar-refractivity contribution >= 4 is 0 Å². The molecule has 0 fully saturated rings. The lowest BCUT2D eigenvalue weighted by Gasteiger charge is -2.27. The highest BCUT2D eigenvalue weighted by Crippen LogP contribution is 2.37. The van der Waals surface area contributed by atoms with E-state index in [0.717, 1.165) is 25.0 Å². The molecule has 0 amide bonds. The first-order valence-corrected chi connectivity index (χ1v) is 8.59. The fraction of sp³-hybridized carbons (Fsp3) is 0.455. The Balaban J connectivity index is 2.73. The highest BCUT2D eigenvalue weighted by molar-refractivity contribution is 5.55. The van der Waals surface area contributed by atoms with Gasteiger partial charge in [-0.2, -0.15) is 0 Å². The first-order chi connectivity index (χ1) is 10.7. The van der Waals surface area contributed by atoms with Crippen LogP contribution < -0.4 is 5.32 Å². The number of hydrogen-bond donors (Lipinski definition) is 1. The van der Waals surface area contributed by atoms with Crippen LogP contribution in [0, 0.1) is 11.8 Å². The molecule has 126 valence electrons. The summed E-state index contributed by atoms with van der Waals surface area (Å²) in [4.78, 5) is 0. The molecule has 1 heteroatoms. The zero-order chi connectivity index (χ0) is 17.6. The van der Waals surface area contributed by atoms with Crippen molar-refractivity contribution in [3.8, 4) is 0 Å². The monoisotopic (exact) mass is 311 g/mol. The van der Waals surface area contributed by atoms with E-state index in [1.807, 2.05) is 13.1 Å². The van der Waals surface area contributed by atoms with Gasteiger partial charge in [-0.3, -0.25) is 0 Å². The van der Waals surface area contributed by atoms with E-state index in [1.165, 1.54) is 27.9 Å². The van der Waals surface area contributed by atoms with Crippen molar-refractivity contribution in [2.75, 3.05) is 0 Å². The van der Waals surface area contributed by atoms with Gasteiger partial charge < -0.3 is 5.32 Å². The van der Waals surface area contributed by atoms with Crippen LogP contribution in [-0.2, 0) is 0 Å². The Hall–Kier alpha value is -1.76. The van der Waals surface area contributed by atoms with Gasteiger partial charge in [0.05, 0.1) is 0 Å². The lowest BCUT2D eigenvalue weighted by molar-refractivity contribution is 0.603. The number of allylic oxidation sites excluding steroid dienone is 8. The summed E-state index contributed by atoms with van der Waals surface area (Å²) in [7, 11) is 0. The molecule has 0 spiro atoms. The van der Waals surface area contributed by atoms with Gasteiger partial charge in [-0.05, 0) is 73.4 Å². The van der Waals surface area contributed by atoms with Crippen LogP contribution in [0.2, 0.25) is 0 Å². The van der Waals surface area contributed by atoms with E-state index >= 15 is 0 Å². The minimum atomic E-state index is 0.468. The van der Waals surface area contributed by atoms with Crippen LogP contribution in [-0.4, -0.2) is 0 Å². The summed E-state index contributed by atoms with van der Waals surface area (Å²) in [6.07, 6.45) is 9.73. The molecular weight excluding hydrogens is 278 g/mol. The average Bonchev–Trinajstić information content (AvgIpc) is 2.45. The second kappa shape index (κ2) is 8.76. The predicted molar refractivity (Wildman–Crippen MR) is 104 cm³/mol. The maximum Gasteiger partial charge on any atom is 0.00419 e. The summed E-state index contributed by atoms with van der Waals surface area (Å²) in [6, 6.07) is 0. The lowest BCUT2D eigenvalue weighted by atomic mass is 9.78. The first kappa shape index (κ1) is 19.3. The van der Waals surface area contributed by atoms with Crippen molar-refractivity contribution in [3.63, 3.8) is 0 Å². The summed E-state index contributed by atoms with van der Waals surface area (Å²) in [6.45, 7) is 23.3. The van der Waals surface area contributed by atoms with E-state index in [2.05, 4.69) is 64.9 Å². The normalized spacial score (nSPS) is 16.8. The smallest absolute Gasteiger partial charge is 0.00419 e. The SMILES string of the molecule is C=C(C)N/C=C/CCC(C)C1=CC(C)=C(C(=C)C(C)C)C(=C)C1. The Morgan fingerprint density at radius 3 is 2.48 bits per heavy atom. The van der Waals surface area contributed by atoms with E-state index in [1.54, 1.807) is 0 Å². The fourth-order valence-electron chi connectivity index (χ4n) is 2.92. The summed E-state index contributed by atoms with van der Waals surface area (Å²) in [5.74, 6) is 1.04. The topological polar surface area (TPSA) is 12.0 Å². The van der Waals surface area contributed by atoms with Crippen molar-refractivity contribution < 1.29 is 0 Å². The number of hydrogen-bond acceptors (Lipinski definition) is 1. The molecule has 0 aromatic heterocycles. The average molecular weight is 312 g/mol. The molecule has 0 heterocycles. The van der Waals surface area contributed by atoms with Crippen molar-refractivity contribution in [3.05, 3.63) is 71.7 Å². The second-order valence-electron chi connectivity index (χ2n) is 7.04. The highest BCUT2D eigenvalue weighted by atomic mass is 14.8. The second-order valence-corrected chi connectivity index (χ2v) is 7.04. The van der Waals surface area contributed by atoms with Gasteiger partial charge in [0.1, 0.15) is 0 Å². The summed E-state index contributed by atoms with van der Waals surface area (Å²) in [5, 5.41) is 3.12. The summed E-state index contributed by atoms with van der Waals surface area (Å²) in [5.41, 5.74) is 7.52. The van der Waals surface area contributed by atoms with Gasteiger partial charge in [0.15, 0.2) is 0 Å². The van der Waals surface area contributed by atoms with Crippen molar-refractivity contribution in [1.82, 2.24) is 5.32 Å². The molecule has 0 aliphatic heterocycles.